The van der Waals surface area contributed by atoms with E-state index in [0.717, 1.165) is 24.5 Å². The van der Waals surface area contributed by atoms with Crippen LogP contribution in [-0.4, -0.2) is 36.5 Å². The van der Waals surface area contributed by atoms with Gasteiger partial charge < -0.3 is 10.6 Å². The Morgan fingerprint density at radius 1 is 1.31 bits per heavy atom. The molecular formula is C12H26N2OS. The molecule has 0 radical (unpaired) electrons. The van der Waals surface area contributed by atoms with Gasteiger partial charge in [-0.25, -0.2) is 0 Å². The molecule has 1 unspecified atom stereocenters. The Morgan fingerprint density at radius 3 is 2.56 bits per heavy atom. The van der Waals surface area contributed by atoms with Gasteiger partial charge in [0.25, 0.3) is 0 Å². The Kier molecular flexibility index (Phi) is 9.83. The second-order valence-corrected chi connectivity index (χ2v) is 5.79. The summed E-state index contributed by atoms with van der Waals surface area (Å²) in [4.78, 5) is 11.4. The zero-order chi connectivity index (χ0) is 12.4. The summed E-state index contributed by atoms with van der Waals surface area (Å²) in [6.07, 6.45) is 1.05. The quantitative estimate of drug-likeness (QED) is 0.653. The van der Waals surface area contributed by atoms with Crippen LogP contribution >= 0.6 is 11.8 Å². The fourth-order valence-electron chi connectivity index (χ4n) is 1.18. The first kappa shape index (κ1) is 15.8. The molecule has 0 aliphatic heterocycles. The number of carbonyl (C=O) groups excluding carboxylic acids is 1. The fraction of sp³-hybridized carbons (Fsp3) is 0.917. The first-order valence-corrected chi connectivity index (χ1v) is 7.29. The number of rotatable bonds is 9. The molecule has 0 spiro atoms. The zero-order valence-electron chi connectivity index (χ0n) is 11.0. The molecule has 0 aromatic rings. The molecule has 96 valence electrons. The van der Waals surface area contributed by atoms with Gasteiger partial charge in [-0.3, -0.25) is 4.79 Å². The zero-order valence-corrected chi connectivity index (χ0v) is 11.8. The highest BCUT2D eigenvalue weighted by Gasteiger charge is 2.05. The minimum Gasteiger partial charge on any atom is -0.355 e. The standard InChI is InChI=1S/C12H26N2OS/c1-5-16-9-11(4)14-8-12(15)13-7-6-10(2)3/h10-11,14H,5-9H2,1-4H3,(H,13,15). The Hall–Kier alpha value is -0.220. The van der Waals surface area contributed by atoms with Crippen LogP contribution in [0.2, 0.25) is 0 Å². The molecule has 2 N–H and O–H groups in total. The van der Waals surface area contributed by atoms with Crippen molar-refractivity contribution >= 4 is 17.7 Å². The molecule has 0 aromatic heterocycles. The lowest BCUT2D eigenvalue weighted by Crippen LogP contribution is -2.39. The predicted molar refractivity (Wildman–Crippen MR) is 72.9 cm³/mol. The molecular weight excluding hydrogens is 220 g/mol. The second-order valence-electron chi connectivity index (χ2n) is 4.47. The van der Waals surface area contributed by atoms with Gasteiger partial charge in [-0.05, 0) is 25.0 Å². The SMILES string of the molecule is CCSCC(C)NCC(=O)NCCC(C)C. The van der Waals surface area contributed by atoms with Crippen molar-refractivity contribution in [2.75, 3.05) is 24.6 Å². The number of amides is 1. The Labute approximate surface area is 104 Å². The number of thioether (sulfide) groups is 1. The van der Waals surface area contributed by atoms with Gasteiger partial charge in [-0.1, -0.05) is 20.8 Å². The van der Waals surface area contributed by atoms with E-state index in [1.54, 1.807) is 0 Å². The Balaban J connectivity index is 3.42. The van der Waals surface area contributed by atoms with Crippen molar-refractivity contribution in [3.63, 3.8) is 0 Å². The van der Waals surface area contributed by atoms with Crippen LogP contribution < -0.4 is 10.6 Å². The van der Waals surface area contributed by atoms with Gasteiger partial charge in [0.15, 0.2) is 0 Å². The molecule has 4 heteroatoms. The molecule has 0 saturated carbocycles. The highest BCUT2D eigenvalue weighted by molar-refractivity contribution is 7.99. The number of hydrogen-bond acceptors (Lipinski definition) is 3. The summed E-state index contributed by atoms with van der Waals surface area (Å²) in [5, 5.41) is 6.14. The minimum absolute atomic E-state index is 0.106. The number of carbonyl (C=O) groups is 1. The molecule has 0 rings (SSSR count). The fourth-order valence-corrected chi connectivity index (χ4v) is 1.89. The molecule has 1 amide bonds. The number of nitrogens with one attached hydrogen (secondary N) is 2. The van der Waals surface area contributed by atoms with Gasteiger partial charge >= 0.3 is 0 Å². The van der Waals surface area contributed by atoms with E-state index in [4.69, 9.17) is 0 Å². The maximum Gasteiger partial charge on any atom is 0.233 e. The average molecular weight is 246 g/mol. The largest absolute Gasteiger partial charge is 0.355 e. The van der Waals surface area contributed by atoms with Crippen molar-refractivity contribution in [2.45, 2.75) is 40.2 Å². The van der Waals surface area contributed by atoms with Crippen molar-refractivity contribution in [3.8, 4) is 0 Å². The highest BCUT2D eigenvalue weighted by atomic mass is 32.2. The van der Waals surface area contributed by atoms with Crippen molar-refractivity contribution in [3.05, 3.63) is 0 Å². The van der Waals surface area contributed by atoms with Gasteiger partial charge in [0.2, 0.25) is 5.91 Å². The summed E-state index contributed by atoms with van der Waals surface area (Å²) >= 11 is 1.90. The summed E-state index contributed by atoms with van der Waals surface area (Å²) < 4.78 is 0. The van der Waals surface area contributed by atoms with Crippen LogP contribution in [0.25, 0.3) is 0 Å². The minimum atomic E-state index is 0.106. The number of hydrogen-bond donors (Lipinski definition) is 2. The predicted octanol–water partition coefficient (Wildman–Crippen LogP) is 1.88. The van der Waals surface area contributed by atoms with E-state index in [2.05, 4.69) is 38.3 Å². The molecule has 16 heavy (non-hydrogen) atoms. The second kappa shape index (κ2) is 9.97. The average Bonchev–Trinajstić information content (AvgIpc) is 2.23. The first-order chi connectivity index (χ1) is 7.56. The van der Waals surface area contributed by atoms with Crippen LogP contribution in [0, 0.1) is 5.92 Å². The molecule has 1 atom stereocenters. The van der Waals surface area contributed by atoms with E-state index < -0.39 is 0 Å². The van der Waals surface area contributed by atoms with Gasteiger partial charge in [-0.15, -0.1) is 0 Å². The normalized spacial score (nSPS) is 12.8. The van der Waals surface area contributed by atoms with Crippen molar-refractivity contribution in [1.82, 2.24) is 10.6 Å². The van der Waals surface area contributed by atoms with Gasteiger partial charge in [0.1, 0.15) is 0 Å². The van der Waals surface area contributed by atoms with E-state index in [1.165, 1.54) is 0 Å². The summed E-state index contributed by atoms with van der Waals surface area (Å²) in [5.74, 6) is 2.95. The third kappa shape index (κ3) is 10.3. The monoisotopic (exact) mass is 246 g/mol. The third-order valence-electron chi connectivity index (χ3n) is 2.23. The molecule has 0 saturated heterocycles. The van der Waals surface area contributed by atoms with E-state index in [1.807, 2.05) is 11.8 Å². The third-order valence-corrected chi connectivity index (χ3v) is 3.37. The van der Waals surface area contributed by atoms with Gasteiger partial charge in [-0.2, -0.15) is 11.8 Å². The van der Waals surface area contributed by atoms with E-state index in [-0.39, 0.29) is 5.91 Å². The van der Waals surface area contributed by atoms with Crippen LogP contribution in [0.1, 0.15) is 34.1 Å². The van der Waals surface area contributed by atoms with Crippen molar-refractivity contribution in [2.24, 2.45) is 5.92 Å². The van der Waals surface area contributed by atoms with E-state index >= 15 is 0 Å². The van der Waals surface area contributed by atoms with Crippen LogP contribution in [0.4, 0.5) is 0 Å². The van der Waals surface area contributed by atoms with Crippen LogP contribution in [-0.2, 0) is 4.79 Å². The Morgan fingerprint density at radius 2 is 2.00 bits per heavy atom. The smallest absolute Gasteiger partial charge is 0.233 e. The van der Waals surface area contributed by atoms with Crippen LogP contribution in [0.3, 0.4) is 0 Å². The van der Waals surface area contributed by atoms with E-state index in [9.17, 15) is 4.79 Å². The first-order valence-electron chi connectivity index (χ1n) is 6.14. The van der Waals surface area contributed by atoms with E-state index in [0.29, 0.717) is 18.5 Å². The molecule has 0 aromatic carbocycles. The molecule has 0 aliphatic rings. The van der Waals surface area contributed by atoms with Gasteiger partial charge in [0, 0.05) is 18.3 Å². The van der Waals surface area contributed by atoms with Gasteiger partial charge in [0.05, 0.1) is 6.54 Å². The van der Waals surface area contributed by atoms with Crippen LogP contribution in [0.15, 0.2) is 0 Å². The summed E-state index contributed by atoms with van der Waals surface area (Å²) in [5.41, 5.74) is 0. The molecule has 0 bridgehead atoms. The summed E-state index contributed by atoms with van der Waals surface area (Å²) in [6.45, 7) is 9.81. The lowest BCUT2D eigenvalue weighted by molar-refractivity contribution is -0.120. The molecule has 3 nitrogen and oxygen atoms in total. The van der Waals surface area contributed by atoms with Crippen molar-refractivity contribution in [1.29, 1.82) is 0 Å². The summed E-state index contributed by atoms with van der Waals surface area (Å²) in [7, 11) is 0. The Bertz CT molecular complexity index is 186. The molecule has 0 heterocycles. The lowest BCUT2D eigenvalue weighted by Gasteiger charge is -2.13. The maximum atomic E-state index is 11.4. The maximum absolute atomic E-state index is 11.4. The highest BCUT2D eigenvalue weighted by Crippen LogP contribution is 2.00. The molecule has 0 fully saturated rings. The summed E-state index contributed by atoms with van der Waals surface area (Å²) in [6, 6.07) is 0.404. The van der Waals surface area contributed by atoms with Crippen LogP contribution in [0.5, 0.6) is 0 Å². The topological polar surface area (TPSA) is 41.1 Å². The lowest BCUT2D eigenvalue weighted by atomic mass is 10.1. The van der Waals surface area contributed by atoms with Crippen molar-refractivity contribution < 1.29 is 4.79 Å². The molecule has 0 aliphatic carbocycles.